The Labute approximate surface area is 151 Å². The molecule has 0 aliphatic rings. The maximum absolute atomic E-state index is 13.0. The molecule has 0 spiro atoms. The largest absolute Gasteiger partial charge is 0.494 e. The van der Waals surface area contributed by atoms with Gasteiger partial charge >= 0.3 is 6.18 Å². The van der Waals surface area contributed by atoms with E-state index < -0.39 is 24.2 Å². The van der Waals surface area contributed by atoms with Crippen LogP contribution in [0, 0.1) is 0 Å². The number of fused-ring (bicyclic) bond motifs is 1. The summed E-state index contributed by atoms with van der Waals surface area (Å²) in [5.74, 6) is -0.480. The van der Waals surface area contributed by atoms with E-state index in [1.54, 1.807) is 18.2 Å². The van der Waals surface area contributed by atoms with E-state index in [1.807, 2.05) is 0 Å². The van der Waals surface area contributed by atoms with Crippen LogP contribution in [0.15, 0.2) is 36.5 Å². The van der Waals surface area contributed by atoms with Gasteiger partial charge in [-0.05, 0) is 18.2 Å². The van der Waals surface area contributed by atoms with E-state index in [4.69, 9.17) is 10.5 Å². The first-order chi connectivity index (χ1) is 12.8. The predicted molar refractivity (Wildman–Crippen MR) is 90.9 cm³/mol. The molecule has 0 aliphatic carbocycles. The van der Waals surface area contributed by atoms with E-state index in [1.165, 1.54) is 19.4 Å². The number of alkyl halides is 3. The molecule has 10 heteroatoms. The summed E-state index contributed by atoms with van der Waals surface area (Å²) in [4.78, 5) is 24.2. The van der Waals surface area contributed by atoms with Gasteiger partial charge in [-0.2, -0.15) is 13.2 Å². The van der Waals surface area contributed by atoms with Gasteiger partial charge in [-0.25, -0.2) is 9.97 Å². The minimum Gasteiger partial charge on any atom is -0.494 e. The van der Waals surface area contributed by atoms with Crippen LogP contribution >= 0.6 is 0 Å². The molecule has 0 aliphatic heterocycles. The van der Waals surface area contributed by atoms with Crippen molar-refractivity contribution in [3.63, 3.8) is 0 Å². The highest BCUT2D eigenvalue weighted by Gasteiger charge is 2.33. The Bertz CT molecular complexity index is 1010. The Kier molecular flexibility index (Phi) is 4.80. The molecule has 0 unspecified atom stereocenters. The maximum Gasteiger partial charge on any atom is 0.418 e. The zero-order valence-corrected chi connectivity index (χ0v) is 14.0. The Morgan fingerprint density at radius 3 is 2.70 bits per heavy atom. The van der Waals surface area contributed by atoms with E-state index in [0.29, 0.717) is 16.7 Å². The standard InChI is InChI=1S/C17H14F3N5O2/c1-27-12-6-2-4-9-13(12)24-16(21)25-14(9)15(26)23-8-11-10(17(18,19)20)5-3-7-22-11/h2-7H,8H2,1H3,(H,23,26)(H2,21,24,25). The number of anilines is 1. The average Bonchev–Trinajstić information content (AvgIpc) is 2.64. The van der Waals surface area contributed by atoms with Gasteiger partial charge in [0.1, 0.15) is 17.0 Å². The van der Waals surface area contributed by atoms with E-state index >= 15 is 0 Å². The lowest BCUT2D eigenvalue weighted by atomic mass is 10.1. The normalized spacial score (nSPS) is 11.4. The second kappa shape index (κ2) is 7.06. The molecule has 2 heterocycles. The molecule has 140 valence electrons. The minimum atomic E-state index is -4.58. The summed E-state index contributed by atoms with van der Waals surface area (Å²) in [6.45, 7) is -0.427. The highest BCUT2D eigenvalue weighted by Crippen LogP contribution is 2.31. The lowest BCUT2D eigenvalue weighted by Gasteiger charge is -2.13. The number of amides is 1. The summed E-state index contributed by atoms with van der Waals surface area (Å²) in [6, 6.07) is 6.95. The predicted octanol–water partition coefficient (Wildman–Crippen LogP) is 2.56. The lowest BCUT2D eigenvalue weighted by Crippen LogP contribution is -2.26. The van der Waals surface area contributed by atoms with E-state index in [0.717, 1.165) is 6.07 Å². The fourth-order valence-electron chi connectivity index (χ4n) is 2.57. The molecule has 7 nitrogen and oxygen atoms in total. The highest BCUT2D eigenvalue weighted by molar-refractivity contribution is 6.05. The zero-order valence-electron chi connectivity index (χ0n) is 14.0. The summed E-state index contributed by atoms with van der Waals surface area (Å²) in [6.07, 6.45) is -3.35. The second-order valence-electron chi connectivity index (χ2n) is 5.46. The Morgan fingerprint density at radius 1 is 1.22 bits per heavy atom. The van der Waals surface area contributed by atoms with Crippen LogP contribution in [0.1, 0.15) is 21.7 Å². The van der Waals surface area contributed by atoms with Crippen molar-refractivity contribution >= 4 is 22.8 Å². The first-order valence-corrected chi connectivity index (χ1v) is 7.70. The van der Waals surface area contributed by atoms with E-state index in [9.17, 15) is 18.0 Å². The van der Waals surface area contributed by atoms with Gasteiger partial charge in [0.25, 0.3) is 5.91 Å². The van der Waals surface area contributed by atoms with Gasteiger partial charge < -0.3 is 15.8 Å². The number of benzene rings is 1. The number of hydrogen-bond donors (Lipinski definition) is 2. The van der Waals surface area contributed by atoms with Gasteiger partial charge in [-0.15, -0.1) is 0 Å². The van der Waals surface area contributed by atoms with Crippen LogP contribution < -0.4 is 15.8 Å². The lowest BCUT2D eigenvalue weighted by molar-refractivity contribution is -0.138. The molecule has 2 aromatic heterocycles. The van der Waals surface area contributed by atoms with Crippen LogP contribution in [0.3, 0.4) is 0 Å². The van der Waals surface area contributed by atoms with Crippen molar-refractivity contribution in [1.82, 2.24) is 20.3 Å². The monoisotopic (exact) mass is 377 g/mol. The number of nitrogens with two attached hydrogens (primary N) is 1. The van der Waals surface area contributed by atoms with Gasteiger partial charge in [0.2, 0.25) is 5.95 Å². The fourth-order valence-corrected chi connectivity index (χ4v) is 2.57. The number of rotatable bonds is 4. The number of hydrogen-bond acceptors (Lipinski definition) is 6. The third-order valence-electron chi connectivity index (χ3n) is 3.75. The number of halogens is 3. The molecule has 0 radical (unpaired) electrons. The maximum atomic E-state index is 13.0. The number of ether oxygens (including phenoxy) is 1. The van der Waals surface area contributed by atoms with Gasteiger partial charge in [0, 0.05) is 11.6 Å². The molecule has 3 rings (SSSR count). The number of nitrogen functional groups attached to an aromatic ring is 1. The molecule has 0 fully saturated rings. The van der Waals surface area contributed by atoms with Gasteiger partial charge in [-0.3, -0.25) is 9.78 Å². The van der Waals surface area contributed by atoms with Crippen molar-refractivity contribution in [2.45, 2.75) is 12.7 Å². The molecule has 0 saturated heterocycles. The number of carbonyl (C=O) groups excluding carboxylic acids is 1. The molecule has 3 aromatic rings. The number of pyridine rings is 1. The SMILES string of the molecule is COc1cccc2c(C(=O)NCc3ncccc3C(F)(F)F)nc(N)nc12. The minimum absolute atomic E-state index is 0.0686. The number of para-hydroxylation sites is 1. The third kappa shape index (κ3) is 3.73. The molecule has 0 atom stereocenters. The second-order valence-corrected chi connectivity index (χ2v) is 5.46. The Balaban J connectivity index is 1.93. The fraction of sp³-hybridized carbons (Fsp3) is 0.176. The number of carbonyl (C=O) groups is 1. The molecule has 1 amide bonds. The number of nitrogens with zero attached hydrogens (tertiary/aromatic N) is 3. The summed E-state index contributed by atoms with van der Waals surface area (Å²) in [5.41, 5.74) is 4.69. The number of aromatic nitrogens is 3. The highest BCUT2D eigenvalue weighted by atomic mass is 19.4. The molecule has 27 heavy (non-hydrogen) atoms. The van der Waals surface area contributed by atoms with Gasteiger partial charge in [-0.1, -0.05) is 12.1 Å². The van der Waals surface area contributed by atoms with Crippen molar-refractivity contribution in [2.75, 3.05) is 12.8 Å². The van der Waals surface area contributed by atoms with Gasteiger partial charge in [0.15, 0.2) is 0 Å². The van der Waals surface area contributed by atoms with Crippen LogP contribution in [0.25, 0.3) is 10.9 Å². The molecule has 1 aromatic carbocycles. The van der Waals surface area contributed by atoms with Crippen molar-refractivity contribution < 1.29 is 22.7 Å². The van der Waals surface area contributed by atoms with E-state index in [-0.39, 0.29) is 17.3 Å². The van der Waals surface area contributed by atoms with Gasteiger partial charge in [0.05, 0.1) is 24.9 Å². The van der Waals surface area contributed by atoms with Crippen molar-refractivity contribution in [3.05, 3.63) is 53.5 Å². The Morgan fingerprint density at radius 2 is 2.00 bits per heavy atom. The summed E-state index contributed by atoms with van der Waals surface area (Å²) < 4.78 is 44.3. The van der Waals surface area contributed by atoms with Crippen molar-refractivity contribution in [1.29, 1.82) is 0 Å². The summed E-state index contributed by atoms with van der Waals surface area (Å²) in [5, 5.41) is 2.76. The van der Waals surface area contributed by atoms with Crippen molar-refractivity contribution in [3.8, 4) is 5.75 Å². The third-order valence-corrected chi connectivity index (χ3v) is 3.75. The molecule has 3 N–H and O–H groups in total. The van der Waals surface area contributed by atoms with Crippen LogP contribution in [0.4, 0.5) is 19.1 Å². The summed E-state index contributed by atoms with van der Waals surface area (Å²) in [7, 11) is 1.44. The molecule has 0 bridgehead atoms. The first kappa shape index (κ1) is 18.4. The Hall–Kier alpha value is -3.43. The van der Waals surface area contributed by atoms with Crippen LogP contribution in [0.2, 0.25) is 0 Å². The first-order valence-electron chi connectivity index (χ1n) is 7.70. The smallest absolute Gasteiger partial charge is 0.418 e. The summed E-state index contributed by atoms with van der Waals surface area (Å²) >= 11 is 0. The van der Waals surface area contributed by atoms with E-state index in [2.05, 4.69) is 20.3 Å². The quantitative estimate of drug-likeness (QED) is 0.724. The number of nitrogens with one attached hydrogen (secondary N) is 1. The zero-order chi connectivity index (χ0) is 19.6. The van der Waals surface area contributed by atoms with Crippen LogP contribution in [0.5, 0.6) is 5.75 Å². The van der Waals surface area contributed by atoms with Crippen LogP contribution in [-0.4, -0.2) is 28.0 Å². The molecule has 0 saturated carbocycles. The molecular weight excluding hydrogens is 363 g/mol. The average molecular weight is 377 g/mol. The number of methoxy groups -OCH3 is 1. The molecular formula is C17H14F3N5O2. The van der Waals surface area contributed by atoms with Crippen LogP contribution in [-0.2, 0) is 12.7 Å². The topological polar surface area (TPSA) is 103 Å². The van der Waals surface area contributed by atoms with Crippen molar-refractivity contribution in [2.24, 2.45) is 0 Å².